The van der Waals surface area contributed by atoms with Gasteiger partial charge in [-0.25, -0.2) is 18.4 Å². The molecular formula is C20H25ClF2N4O5S. The highest BCUT2D eigenvalue weighted by molar-refractivity contribution is 7.11. The summed E-state index contributed by atoms with van der Waals surface area (Å²) in [5.41, 5.74) is -0.772. The number of benzene rings is 1. The molecule has 0 fully saturated rings. The average Bonchev–Trinajstić information content (AvgIpc) is 3.10. The number of aliphatic hydroxyl groups is 1. The predicted octanol–water partition coefficient (Wildman–Crippen LogP) is 3.61. The lowest BCUT2D eigenvalue weighted by molar-refractivity contribution is 0.0693. The number of rotatable bonds is 10. The Balaban J connectivity index is 1.94. The van der Waals surface area contributed by atoms with Crippen molar-refractivity contribution in [1.82, 2.24) is 15.0 Å². The molecule has 0 saturated heterocycles. The number of urea groups is 1. The van der Waals surface area contributed by atoms with Gasteiger partial charge in [0, 0.05) is 24.2 Å². The molecule has 0 aliphatic rings. The number of anilines is 1. The van der Waals surface area contributed by atoms with Gasteiger partial charge < -0.3 is 25.6 Å². The van der Waals surface area contributed by atoms with E-state index in [1.807, 2.05) is 20.8 Å². The van der Waals surface area contributed by atoms with Gasteiger partial charge in [0.2, 0.25) is 5.88 Å². The van der Waals surface area contributed by atoms with Gasteiger partial charge in [-0.2, -0.15) is 4.37 Å². The number of carboxylic acid groups (broad SMARTS) is 1. The first-order valence-electron chi connectivity index (χ1n) is 9.84. The number of amides is 2. The summed E-state index contributed by atoms with van der Waals surface area (Å²) >= 11 is 6.15. The fraction of sp³-hybridized carbons (Fsp3) is 0.450. The first-order chi connectivity index (χ1) is 15.4. The molecule has 2 aromatic rings. The molecule has 0 aliphatic heterocycles. The minimum atomic E-state index is -1.43. The van der Waals surface area contributed by atoms with E-state index in [1.165, 1.54) is 0 Å². The lowest BCUT2D eigenvalue weighted by Crippen LogP contribution is -2.42. The number of ether oxygens (including phenoxy) is 1. The number of aromatic carboxylic acids is 1. The fourth-order valence-electron chi connectivity index (χ4n) is 2.49. The van der Waals surface area contributed by atoms with Crippen molar-refractivity contribution in [3.05, 3.63) is 39.9 Å². The van der Waals surface area contributed by atoms with Crippen molar-refractivity contribution in [2.45, 2.75) is 45.4 Å². The van der Waals surface area contributed by atoms with Crippen LogP contribution >= 0.6 is 23.1 Å². The number of carboxylic acids is 1. The van der Waals surface area contributed by atoms with Crippen LogP contribution in [0, 0.1) is 11.6 Å². The van der Waals surface area contributed by atoms with E-state index >= 15 is 0 Å². The van der Waals surface area contributed by atoms with Crippen LogP contribution in [0.1, 0.15) is 43.1 Å². The van der Waals surface area contributed by atoms with Gasteiger partial charge in [-0.05, 0) is 50.9 Å². The van der Waals surface area contributed by atoms with Crippen LogP contribution in [-0.4, -0.2) is 51.3 Å². The molecule has 1 unspecified atom stereocenters. The van der Waals surface area contributed by atoms with E-state index in [4.69, 9.17) is 16.3 Å². The molecule has 0 aliphatic carbocycles. The van der Waals surface area contributed by atoms with Gasteiger partial charge in [-0.15, -0.1) is 0 Å². The molecule has 1 heterocycles. The van der Waals surface area contributed by atoms with Gasteiger partial charge in [0.1, 0.15) is 23.2 Å². The highest BCUT2D eigenvalue weighted by Crippen LogP contribution is 2.31. The summed E-state index contributed by atoms with van der Waals surface area (Å²) < 4.78 is 36.5. The summed E-state index contributed by atoms with van der Waals surface area (Å²) in [6, 6.07) is 0.916. The molecule has 1 aromatic carbocycles. The number of nitrogens with one attached hydrogen (secondary N) is 3. The summed E-state index contributed by atoms with van der Waals surface area (Å²) in [5.74, 6) is -3.47. The minimum Gasteiger partial charge on any atom is -0.477 e. The van der Waals surface area contributed by atoms with Crippen molar-refractivity contribution < 1.29 is 33.3 Å². The Kier molecular flexibility index (Phi) is 9.35. The Labute approximate surface area is 198 Å². The van der Waals surface area contributed by atoms with Crippen LogP contribution in [0.25, 0.3) is 0 Å². The van der Waals surface area contributed by atoms with Gasteiger partial charge in [0.15, 0.2) is 5.56 Å². The molecule has 0 radical (unpaired) electrons. The van der Waals surface area contributed by atoms with Crippen LogP contribution in [0.4, 0.5) is 18.6 Å². The maximum atomic E-state index is 13.9. The maximum absolute atomic E-state index is 13.9. The normalized spacial score (nSPS) is 12.3. The molecule has 0 spiro atoms. The number of hydrogen-bond donors (Lipinski definition) is 5. The number of carbonyl (C=O) groups excluding carboxylic acids is 1. The monoisotopic (exact) mass is 506 g/mol. The van der Waals surface area contributed by atoms with Crippen LogP contribution in [0.3, 0.4) is 0 Å². The third kappa shape index (κ3) is 8.39. The largest absolute Gasteiger partial charge is 0.477 e. The third-order valence-electron chi connectivity index (χ3n) is 4.19. The van der Waals surface area contributed by atoms with Crippen molar-refractivity contribution in [3.63, 3.8) is 0 Å². The predicted molar refractivity (Wildman–Crippen MR) is 120 cm³/mol. The molecular weight excluding hydrogens is 482 g/mol. The van der Waals surface area contributed by atoms with Crippen molar-refractivity contribution in [2.75, 3.05) is 18.4 Å². The van der Waals surface area contributed by atoms with Crippen molar-refractivity contribution in [2.24, 2.45) is 0 Å². The molecule has 33 heavy (non-hydrogen) atoms. The Hall–Kier alpha value is -2.54. The van der Waals surface area contributed by atoms with Crippen LogP contribution in [0.15, 0.2) is 12.1 Å². The number of carbonyl (C=O) groups is 2. The van der Waals surface area contributed by atoms with Crippen molar-refractivity contribution in [1.29, 1.82) is 0 Å². The van der Waals surface area contributed by atoms with E-state index in [9.17, 15) is 28.6 Å². The Morgan fingerprint density at radius 3 is 2.61 bits per heavy atom. The van der Waals surface area contributed by atoms with Gasteiger partial charge in [0.25, 0.3) is 0 Å². The molecule has 1 atom stereocenters. The van der Waals surface area contributed by atoms with Crippen LogP contribution in [0.2, 0.25) is 5.02 Å². The quantitative estimate of drug-likeness (QED) is 0.311. The molecule has 13 heteroatoms. The second kappa shape index (κ2) is 11.5. The molecule has 2 amide bonds. The summed E-state index contributed by atoms with van der Waals surface area (Å²) in [6.07, 6.45) is -0.400. The second-order valence-electron chi connectivity index (χ2n) is 8.10. The summed E-state index contributed by atoms with van der Waals surface area (Å²) in [7, 11) is 0. The van der Waals surface area contributed by atoms with Gasteiger partial charge in [0.05, 0.1) is 11.1 Å². The Morgan fingerprint density at radius 2 is 1.97 bits per heavy atom. The number of hydrogen-bond acceptors (Lipinski definition) is 7. The third-order valence-corrected chi connectivity index (χ3v) is 5.22. The highest BCUT2D eigenvalue weighted by atomic mass is 35.5. The lowest BCUT2D eigenvalue weighted by atomic mass is 10.1. The summed E-state index contributed by atoms with van der Waals surface area (Å²) in [5, 5.41) is 26.9. The van der Waals surface area contributed by atoms with Crippen LogP contribution in [0.5, 0.6) is 5.88 Å². The van der Waals surface area contributed by atoms with Crippen LogP contribution < -0.4 is 20.7 Å². The van der Waals surface area contributed by atoms with Gasteiger partial charge >= 0.3 is 12.0 Å². The van der Waals surface area contributed by atoms with Gasteiger partial charge in [-0.1, -0.05) is 11.6 Å². The number of aromatic nitrogens is 1. The highest BCUT2D eigenvalue weighted by Gasteiger charge is 2.24. The van der Waals surface area contributed by atoms with Crippen molar-refractivity contribution >= 4 is 40.1 Å². The van der Waals surface area contributed by atoms with E-state index < -0.39 is 46.9 Å². The molecule has 182 valence electrons. The Morgan fingerprint density at radius 1 is 1.27 bits per heavy atom. The molecule has 9 nitrogen and oxygen atoms in total. The molecule has 0 bridgehead atoms. The number of β-amino-alcohol motifs (C(OH)–C–C–N with tert-alkyl or cyclic N) is 1. The molecule has 1 aromatic heterocycles. The zero-order chi connectivity index (χ0) is 24.8. The zero-order valence-electron chi connectivity index (χ0n) is 18.2. The number of halogens is 3. The molecule has 2 rings (SSSR count). The maximum Gasteiger partial charge on any atom is 0.344 e. The zero-order valence-corrected chi connectivity index (χ0v) is 19.7. The van der Waals surface area contributed by atoms with Crippen molar-refractivity contribution in [3.8, 4) is 5.88 Å². The molecule has 0 saturated carbocycles. The van der Waals surface area contributed by atoms with E-state index in [2.05, 4.69) is 20.3 Å². The minimum absolute atomic E-state index is 0.104. The SMILES string of the molecule is CC(C)(C)NCC(O)CCNC(=O)Nc1snc(OCc2cc(F)c(Cl)cc2F)c1C(=O)O. The van der Waals surface area contributed by atoms with E-state index in [0.29, 0.717) is 18.1 Å². The average molecular weight is 507 g/mol. The van der Waals surface area contributed by atoms with E-state index in [-0.39, 0.29) is 34.9 Å². The standard InChI is InChI=1S/C20H25ClF2N4O5S/c1-20(2,3)25-8-11(28)4-5-24-19(31)26-17-15(18(29)30)16(27-33-17)32-9-10-6-14(23)12(21)7-13(10)22/h6-7,11,25,28H,4-5,8-9H2,1-3H3,(H,29,30)(H2,24,26,31). The molecule has 5 N–H and O–H groups in total. The van der Waals surface area contributed by atoms with Crippen LogP contribution in [-0.2, 0) is 6.61 Å². The smallest absolute Gasteiger partial charge is 0.344 e. The number of nitrogens with zero attached hydrogens (tertiary/aromatic N) is 1. The van der Waals surface area contributed by atoms with E-state index in [1.54, 1.807) is 0 Å². The summed E-state index contributed by atoms with van der Waals surface area (Å²) in [6.45, 7) is 5.87. The van der Waals surface area contributed by atoms with E-state index in [0.717, 1.165) is 12.1 Å². The first kappa shape index (κ1) is 26.7. The summed E-state index contributed by atoms with van der Waals surface area (Å²) in [4.78, 5) is 23.8. The fourth-order valence-corrected chi connectivity index (χ4v) is 3.37. The van der Waals surface area contributed by atoms with Gasteiger partial charge in [-0.3, -0.25) is 5.32 Å². The first-order valence-corrected chi connectivity index (χ1v) is 11.0. The Bertz CT molecular complexity index is 1000. The topological polar surface area (TPSA) is 133 Å². The second-order valence-corrected chi connectivity index (χ2v) is 9.28. The number of aliphatic hydroxyl groups excluding tert-OH is 1. The lowest BCUT2D eigenvalue weighted by Gasteiger charge is -2.22.